The van der Waals surface area contributed by atoms with E-state index in [1.165, 1.54) is 18.6 Å². The molecule has 0 unspecified atom stereocenters. The quantitative estimate of drug-likeness (QED) is 0.0977. The van der Waals surface area contributed by atoms with E-state index < -0.39 is 51.7 Å². The predicted molar refractivity (Wildman–Crippen MR) is 388 cm³/mol. The SMILES string of the molecule is [C-]#[N+][C@@H]1[C@H](CN(C)C)[C@@H](c2ccccc2)[C@]2(c3ccc(Br)cc3)Oc3cc(Cl)cnc3[C@]12O.[C-]#[N+][C@@H]1[C@H](CN(C)C)[C@@H](c2ccccc2)[C@]2(c3ccc(C#N)cc3)Oc3cc(Cl)cnc3[C@]12O.[C-]#[N+][C@@H]1[C@H](CN(C)C)[C@@H](c2ccccc2)[C@]2(c3ccc(C#N)cc3)Oc3cc(Cl)cnc3[C@]12O. The third kappa shape index (κ3) is 10.9. The maximum atomic E-state index is 12.7. The van der Waals surface area contributed by atoms with Crippen LogP contribution >= 0.6 is 50.7 Å². The number of ether oxygens (including phenoxy) is 3. The van der Waals surface area contributed by atoms with E-state index in [4.69, 9.17) is 68.7 Å². The second-order valence-electron chi connectivity index (χ2n) is 27.4. The number of halogens is 4. The van der Waals surface area contributed by atoms with Crippen LogP contribution in [0.5, 0.6) is 17.2 Å². The fourth-order valence-electron chi connectivity index (χ4n) is 17.5. The van der Waals surface area contributed by atoms with E-state index in [1.807, 2.05) is 192 Å². The molecule has 0 saturated heterocycles. The molecular weight excluding hydrogens is 1400 g/mol. The smallest absolute Gasteiger partial charge is 0.266 e. The summed E-state index contributed by atoms with van der Waals surface area (Å²) in [7, 11) is 11.8. The average Bonchev–Trinajstić information content (AvgIpc) is 1.52. The minimum absolute atomic E-state index is 0.209. The van der Waals surface area contributed by atoms with Crippen molar-refractivity contribution < 1.29 is 29.5 Å². The van der Waals surface area contributed by atoms with Crippen molar-refractivity contribution in [1.82, 2.24) is 29.7 Å². The van der Waals surface area contributed by atoms with Crippen molar-refractivity contribution >= 4 is 50.7 Å². The molecule has 0 radical (unpaired) electrons. The molecule has 17 nitrogen and oxygen atoms in total. The Morgan fingerprint density at radius 2 is 0.693 bits per heavy atom. The highest BCUT2D eigenvalue weighted by Gasteiger charge is 2.83. The first-order valence-electron chi connectivity index (χ1n) is 32.7. The predicted octanol–water partition coefficient (Wildman–Crippen LogP) is 13.9. The summed E-state index contributed by atoms with van der Waals surface area (Å²) in [5.41, 5.74) is -1.92. The lowest BCUT2D eigenvalue weighted by atomic mass is 9.71. The van der Waals surface area contributed by atoms with Gasteiger partial charge in [0.2, 0.25) is 16.8 Å². The largest absolute Gasteiger partial charge is 0.476 e. The van der Waals surface area contributed by atoms with Crippen LogP contribution in [0.25, 0.3) is 14.5 Å². The zero-order valence-corrected chi connectivity index (χ0v) is 59.7. The molecule has 6 heterocycles. The Kier molecular flexibility index (Phi) is 18.9. The molecule has 3 aliphatic heterocycles. The minimum Gasteiger partial charge on any atom is -0.476 e. The Morgan fingerprint density at radius 3 is 0.931 bits per heavy atom. The van der Waals surface area contributed by atoms with Crippen LogP contribution in [0.2, 0.25) is 15.1 Å². The Morgan fingerprint density at radius 1 is 0.436 bits per heavy atom. The molecule has 6 aromatic carbocycles. The molecule has 3 N–H and O–H groups in total. The van der Waals surface area contributed by atoms with Crippen LogP contribution in [0.4, 0.5) is 0 Å². The molecule has 21 heteroatoms. The van der Waals surface area contributed by atoms with Crippen LogP contribution in [-0.4, -0.2) is 125 Å². The molecule has 3 aromatic heterocycles. The number of nitrogens with zero attached hydrogens (tertiary/aromatic N) is 11. The summed E-state index contributed by atoms with van der Waals surface area (Å²) in [4.78, 5) is 31.7. The number of hydrogen-bond donors (Lipinski definition) is 3. The van der Waals surface area contributed by atoms with Gasteiger partial charge in [0.25, 0.3) is 18.1 Å². The highest BCUT2D eigenvalue weighted by Crippen LogP contribution is 2.72. The van der Waals surface area contributed by atoms with Gasteiger partial charge >= 0.3 is 0 Å². The van der Waals surface area contributed by atoms with Gasteiger partial charge in [0, 0.05) is 78.7 Å². The summed E-state index contributed by atoms with van der Waals surface area (Å²) < 4.78 is 21.1. The first-order valence-corrected chi connectivity index (χ1v) is 34.7. The first kappa shape index (κ1) is 70.2. The number of nitriles is 2. The lowest BCUT2D eigenvalue weighted by molar-refractivity contribution is -0.109. The van der Waals surface area contributed by atoms with Gasteiger partial charge in [-0.3, -0.25) is 15.0 Å². The summed E-state index contributed by atoms with van der Waals surface area (Å²) in [6.07, 6.45) is 4.47. The maximum Gasteiger partial charge on any atom is 0.266 e. The summed E-state index contributed by atoms with van der Waals surface area (Å²) in [6.45, 7) is 26.3. The van der Waals surface area contributed by atoms with E-state index >= 15 is 0 Å². The molecule has 15 rings (SSSR count). The monoisotopic (exact) mass is 1460 g/mol. The molecular formula is C80H69BrCl3N11O6. The number of pyridine rings is 3. The summed E-state index contributed by atoms with van der Waals surface area (Å²) >= 11 is 22.3. The molecule has 3 aliphatic carbocycles. The topological polar surface area (TPSA) is 197 Å². The zero-order chi connectivity index (χ0) is 71.6. The van der Waals surface area contributed by atoms with Crippen molar-refractivity contribution in [2.24, 2.45) is 17.8 Å². The minimum atomic E-state index is -1.73. The highest BCUT2D eigenvalue weighted by atomic mass is 79.9. The van der Waals surface area contributed by atoms with Gasteiger partial charge in [-0.05, 0) is 112 Å². The number of fused-ring (bicyclic) bond motifs is 9. The van der Waals surface area contributed by atoms with Gasteiger partial charge in [0.1, 0.15) is 34.3 Å². The van der Waals surface area contributed by atoms with Crippen molar-refractivity contribution in [2.45, 2.75) is 69.5 Å². The van der Waals surface area contributed by atoms with Crippen molar-refractivity contribution in [2.75, 3.05) is 61.9 Å². The van der Waals surface area contributed by atoms with Gasteiger partial charge < -0.3 is 58.8 Å². The van der Waals surface area contributed by atoms with Crippen molar-refractivity contribution in [3.8, 4) is 29.4 Å². The van der Waals surface area contributed by atoms with Gasteiger partial charge in [-0.1, -0.05) is 178 Å². The Labute approximate surface area is 610 Å². The molecule has 0 amide bonds. The van der Waals surface area contributed by atoms with Crippen LogP contribution in [0.1, 0.15) is 79.3 Å². The Balaban J connectivity index is 0.000000135. The molecule has 0 spiro atoms. The second-order valence-corrected chi connectivity index (χ2v) is 29.6. The average molecular weight is 1470 g/mol. The van der Waals surface area contributed by atoms with E-state index in [2.05, 4.69) is 62.5 Å². The van der Waals surface area contributed by atoms with E-state index in [0.29, 0.717) is 91.3 Å². The molecule has 15 atom stereocenters. The number of rotatable bonds is 12. The van der Waals surface area contributed by atoms with Gasteiger partial charge in [-0.15, -0.1) is 0 Å². The third-order valence-electron chi connectivity index (χ3n) is 20.9. The van der Waals surface area contributed by atoms with Crippen LogP contribution in [0.15, 0.2) is 205 Å². The fourth-order valence-corrected chi connectivity index (χ4v) is 18.2. The molecule has 101 heavy (non-hydrogen) atoms. The van der Waals surface area contributed by atoms with Gasteiger partial charge in [0.15, 0.2) is 16.8 Å². The molecule has 9 aromatic rings. The summed E-state index contributed by atoms with van der Waals surface area (Å²) in [5, 5.41) is 57.9. The van der Waals surface area contributed by atoms with E-state index in [-0.39, 0.29) is 35.5 Å². The van der Waals surface area contributed by atoms with Crippen LogP contribution in [0, 0.1) is 60.1 Å². The lowest BCUT2D eigenvalue weighted by Crippen LogP contribution is -2.51. The van der Waals surface area contributed by atoms with Crippen molar-refractivity contribution in [1.29, 1.82) is 10.5 Å². The summed E-state index contributed by atoms with van der Waals surface area (Å²) in [5.74, 6) is -0.622. The Bertz CT molecular complexity index is 4620. The summed E-state index contributed by atoms with van der Waals surface area (Å²) in [6, 6.07) is 58.5. The molecule has 508 valence electrons. The highest BCUT2D eigenvalue weighted by molar-refractivity contribution is 9.10. The maximum absolute atomic E-state index is 12.7. The standard InChI is InChI=1S/2C27H23ClN4O2.C26H23BrClN3O2/c2*1-30-24-21(16-32(2)3)23(18-7-5-4-6-8-18)27(19-11-9-17(14-29)10-12-19)26(24,33)25-22(34-27)13-20(28)15-31-25;1-29-23-20(15-31(2)3)22(16-7-5-4-6-8-16)26(17-9-11-18(27)12-10-17)25(23,32)24-21(33-26)13-19(28)14-30-24/h2*4-13,15,21,23-24,33H,16H2,2-3H3;4-14,20,22-23,32H,15H2,2-3H3/t2*21-,23-,24-,26-,27+;20-,22-,23-,25-,26+/m111/s1. The fraction of sp³-hybridized carbons (Fsp3) is 0.300. The van der Waals surface area contributed by atoms with E-state index in [1.54, 1.807) is 42.5 Å². The number of aliphatic hydroxyl groups is 3. The number of benzene rings is 6. The van der Waals surface area contributed by atoms with Crippen LogP contribution in [0.3, 0.4) is 0 Å². The third-order valence-corrected chi connectivity index (χ3v) is 22.1. The van der Waals surface area contributed by atoms with Crippen LogP contribution in [-0.2, 0) is 33.6 Å². The number of aromatic nitrogens is 3. The van der Waals surface area contributed by atoms with Gasteiger partial charge in [-0.25, -0.2) is 19.7 Å². The zero-order valence-electron chi connectivity index (χ0n) is 55.9. The van der Waals surface area contributed by atoms with Gasteiger partial charge in [0.05, 0.1) is 56.1 Å². The number of hydrogen-bond acceptors (Lipinski definition) is 14. The molecule has 3 saturated carbocycles. The first-order chi connectivity index (χ1) is 48.5. The van der Waals surface area contributed by atoms with Gasteiger partial charge in [-0.2, -0.15) is 10.5 Å². The van der Waals surface area contributed by atoms with E-state index in [9.17, 15) is 25.8 Å². The second kappa shape index (κ2) is 27.3. The molecule has 3 fully saturated rings. The molecule has 0 bridgehead atoms. The van der Waals surface area contributed by atoms with Crippen molar-refractivity contribution in [3.63, 3.8) is 0 Å². The lowest BCUT2D eigenvalue weighted by Gasteiger charge is -2.39. The normalized spacial score (nSPS) is 29.4. The molecule has 6 aliphatic rings. The van der Waals surface area contributed by atoms with E-state index in [0.717, 1.165) is 26.7 Å². The Hall–Kier alpha value is -9.27. The van der Waals surface area contributed by atoms with Crippen LogP contribution < -0.4 is 14.2 Å². The van der Waals surface area contributed by atoms with Crippen molar-refractivity contribution in [3.05, 3.63) is 316 Å².